The third kappa shape index (κ3) is 3.11. The average molecular weight is 260 g/mol. The topological polar surface area (TPSA) is 82.3 Å². The van der Waals surface area contributed by atoms with E-state index in [1.54, 1.807) is 20.1 Å². The van der Waals surface area contributed by atoms with Gasteiger partial charge in [0.25, 0.3) is 0 Å². The lowest BCUT2D eigenvalue weighted by atomic mass is 10.2. The molecule has 2 aromatic rings. The molecule has 0 atom stereocenters. The number of nitrogens with one attached hydrogen (secondary N) is 1. The summed E-state index contributed by atoms with van der Waals surface area (Å²) in [4.78, 5) is 8.28. The van der Waals surface area contributed by atoms with Crippen LogP contribution in [0.1, 0.15) is 11.4 Å². The van der Waals surface area contributed by atoms with Crippen LogP contribution < -0.4 is 20.7 Å². The van der Waals surface area contributed by atoms with Crippen LogP contribution in [0.15, 0.2) is 24.3 Å². The van der Waals surface area contributed by atoms with Crippen LogP contribution in [0.2, 0.25) is 0 Å². The number of anilines is 1. The highest BCUT2D eigenvalue weighted by atomic mass is 16.5. The smallest absolute Gasteiger partial charge is 0.224 e. The van der Waals surface area contributed by atoms with Gasteiger partial charge in [-0.15, -0.1) is 0 Å². The lowest BCUT2D eigenvalue weighted by molar-refractivity contribution is 0.373. The minimum Gasteiger partial charge on any atom is -0.493 e. The number of rotatable bonds is 4. The molecule has 0 aliphatic heterocycles. The summed E-state index contributed by atoms with van der Waals surface area (Å²) < 4.78 is 11.0. The van der Waals surface area contributed by atoms with E-state index in [0.717, 1.165) is 5.56 Å². The van der Waals surface area contributed by atoms with Crippen LogP contribution in [0.3, 0.4) is 0 Å². The van der Waals surface area contributed by atoms with Crippen LogP contribution in [0.25, 0.3) is 0 Å². The quantitative estimate of drug-likeness (QED) is 0.647. The van der Waals surface area contributed by atoms with E-state index in [0.29, 0.717) is 29.0 Å². The number of aryl methyl sites for hydroxylation is 2. The lowest BCUT2D eigenvalue weighted by Gasteiger charge is -2.11. The summed E-state index contributed by atoms with van der Waals surface area (Å²) >= 11 is 0. The Hall–Kier alpha value is -2.34. The molecule has 3 N–H and O–H groups in total. The van der Waals surface area contributed by atoms with Gasteiger partial charge in [-0.2, -0.15) is 4.98 Å². The number of hydrogen-bond acceptors (Lipinski definition) is 6. The highest BCUT2D eigenvalue weighted by Gasteiger charge is 2.08. The third-order valence-corrected chi connectivity index (χ3v) is 2.50. The van der Waals surface area contributed by atoms with E-state index in [1.165, 1.54) is 0 Å². The van der Waals surface area contributed by atoms with E-state index in [9.17, 15) is 0 Å². The van der Waals surface area contributed by atoms with Crippen molar-refractivity contribution in [2.24, 2.45) is 5.84 Å². The highest BCUT2D eigenvalue weighted by molar-refractivity contribution is 5.45. The Morgan fingerprint density at radius 2 is 1.89 bits per heavy atom. The van der Waals surface area contributed by atoms with Gasteiger partial charge >= 0.3 is 0 Å². The average Bonchev–Trinajstić information content (AvgIpc) is 2.40. The Morgan fingerprint density at radius 3 is 2.58 bits per heavy atom. The molecule has 0 unspecified atom stereocenters. The molecule has 19 heavy (non-hydrogen) atoms. The molecule has 6 nitrogen and oxygen atoms in total. The number of benzene rings is 1. The largest absolute Gasteiger partial charge is 0.493 e. The predicted molar refractivity (Wildman–Crippen MR) is 72.4 cm³/mol. The fraction of sp³-hybridized carbons (Fsp3) is 0.231. The van der Waals surface area contributed by atoms with E-state index < -0.39 is 0 Å². The first kappa shape index (κ1) is 13.1. The first-order chi connectivity index (χ1) is 9.12. The molecule has 2 rings (SSSR count). The van der Waals surface area contributed by atoms with Crippen molar-refractivity contribution in [3.05, 3.63) is 35.7 Å². The van der Waals surface area contributed by atoms with Crippen molar-refractivity contribution in [2.45, 2.75) is 13.8 Å². The van der Waals surface area contributed by atoms with Crippen molar-refractivity contribution in [3.8, 4) is 17.4 Å². The molecular formula is C13H16N4O2. The van der Waals surface area contributed by atoms with Crippen LogP contribution in [-0.4, -0.2) is 17.1 Å². The van der Waals surface area contributed by atoms with Crippen LogP contribution in [0, 0.1) is 13.8 Å². The Kier molecular flexibility index (Phi) is 3.82. The second-order valence-electron chi connectivity index (χ2n) is 4.04. The summed E-state index contributed by atoms with van der Waals surface area (Å²) in [6.07, 6.45) is 0. The normalized spacial score (nSPS) is 10.1. The SMILES string of the molecule is COc1cc(C)ccc1Oc1cc(NN)nc(C)n1. The van der Waals surface area contributed by atoms with Crippen molar-refractivity contribution in [1.82, 2.24) is 9.97 Å². The Bertz CT molecular complexity index is 587. The van der Waals surface area contributed by atoms with Gasteiger partial charge in [0, 0.05) is 6.07 Å². The number of nitrogens with two attached hydrogens (primary N) is 1. The minimum absolute atomic E-state index is 0.405. The molecule has 100 valence electrons. The third-order valence-electron chi connectivity index (χ3n) is 2.50. The summed E-state index contributed by atoms with van der Waals surface area (Å²) in [7, 11) is 1.60. The van der Waals surface area contributed by atoms with E-state index in [1.807, 2.05) is 25.1 Å². The zero-order valence-corrected chi connectivity index (χ0v) is 11.1. The molecule has 0 amide bonds. The molecule has 1 aromatic heterocycles. The van der Waals surface area contributed by atoms with E-state index in [2.05, 4.69) is 15.4 Å². The van der Waals surface area contributed by atoms with Crippen LogP contribution >= 0.6 is 0 Å². The molecule has 1 aromatic carbocycles. The summed E-state index contributed by atoms with van der Waals surface area (Å²) in [5.41, 5.74) is 3.56. The van der Waals surface area contributed by atoms with Crippen molar-refractivity contribution in [1.29, 1.82) is 0 Å². The molecule has 1 heterocycles. The molecular weight excluding hydrogens is 244 g/mol. The molecule has 0 aliphatic carbocycles. The number of nitrogens with zero attached hydrogens (tertiary/aromatic N) is 2. The highest BCUT2D eigenvalue weighted by Crippen LogP contribution is 2.31. The number of hydrazine groups is 1. The second-order valence-corrected chi connectivity index (χ2v) is 4.04. The molecule has 0 spiro atoms. The van der Waals surface area contributed by atoms with Gasteiger partial charge in [-0.25, -0.2) is 10.8 Å². The van der Waals surface area contributed by atoms with E-state index in [-0.39, 0.29) is 0 Å². The number of nitrogen functional groups attached to an aromatic ring is 1. The molecule has 0 saturated carbocycles. The number of ether oxygens (including phenoxy) is 2. The summed E-state index contributed by atoms with van der Waals surface area (Å²) in [6.45, 7) is 3.75. The van der Waals surface area contributed by atoms with Gasteiger partial charge in [-0.3, -0.25) is 0 Å². The Labute approximate surface area is 111 Å². The van der Waals surface area contributed by atoms with Gasteiger partial charge in [0.15, 0.2) is 11.5 Å². The maximum atomic E-state index is 5.71. The zero-order valence-electron chi connectivity index (χ0n) is 11.1. The molecule has 0 bridgehead atoms. The molecule has 0 aliphatic rings. The van der Waals surface area contributed by atoms with Gasteiger partial charge in [0.1, 0.15) is 11.6 Å². The summed E-state index contributed by atoms with van der Waals surface area (Å²) in [5.74, 6) is 8.05. The van der Waals surface area contributed by atoms with Crippen LogP contribution in [-0.2, 0) is 0 Å². The molecule has 0 radical (unpaired) electrons. The van der Waals surface area contributed by atoms with Crippen molar-refractivity contribution in [3.63, 3.8) is 0 Å². The maximum Gasteiger partial charge on any atom is 0.224 e. The molecule has 0 fully saturated rings. The minimum atomic E-state index is 0.405. The number of hydrogen-bond donors (Lipinski definition) is 2. The first-order valence-corrected chi connectivity index (χ1v) is 5.77. The van der Waals surface area contributed by atoms with Gasteiger partial charge in [-0.1, -0.05) is 6.07 Å². The van der Waals surface area contributed by atoms with Crippen molar-refractivity contribution < 1.29 is 9.47 Å². The monoisotopic (exact) mass is 260 g/mol. The molecule has 6 heteroatoms. The molecule has 0 saturated heterocycles. The Morgan fingerprint density at radius 1 is 1.11 bits per heavy atom. The van der Waals surface area contributed by atoms with E-state index >= 15 is 0 Å². The fourth-order valence-electron chi connectivity index (χ4n) is 1.64. The number of aromatic nitrogens is 2. The van der Waals surface area contributed by atoms with E-state index in [4.69, 9.17) is 15.3 Å². The van der Waals surface area contributed by atoms with Gasteiger partial charge in [0.05, 0.1) is 7.11 Å². The fourth-order valence-corrected chi connectivity index (χ4v) is 1.64. The predicted octanol–water partition coefficient (Wildman–Crippen LogP) is 2.18. The second kappa shape index (κ2) is 5.53. The zero-order chi connectivity index (χ0) is 13.8. The standard InChI is InChI=1S/C13H16N4O2/c1-8-4-5-10(11(6-8)18-3)19-13-7-12(17-14)15-9(2)16-13/h4-7H,14H2,1-3H3,(H,15,16,17). The van der Waals surface area contributed by atoms with Crippen molar-refractivity contribution >= 4 is 5.82 Å². The number of methoxy groups -OCH3 is 1. The Balaban J connectivity index is 2.33. The van der Waals surface area contributed by atoms with Gasteiger partial charge < -0.3 is 14.9 Å². The lowest BCUT2D eigenvalue weighted by Crippen LogP contribution is -2.09. The van der Waals surface area contributed by atoms with Gasteiger partial charge in [-0.05, 0) is 31.5 Å². The van der Waals surface area contributed by atoms with Gasteiger partial charge in [0.2, 0.25) is 5.88 Å². The summed E-state index contributed by atoms with van der Waals surface area (Å²) in [6, 6.07) is 7.28. The van der Waals surface area contributed by atoms with Crippen molar-refractivity contribution in [2.75, 3.05) is 12.5 Å². The first-order valence-electron chi connectivity index (χ1n) is 5.77. The summed E-state index contributed by atoms with van der Waals surface area (Å²) in [5, 5.41) is 0. The van der Waals surface area contributed by atoms with Crippen LogP contribution in [0.4, 0.5) is 5.82 Å². The maximum absolute atomic E-state index is 5.71. The van der Waals surface area contributed by atoms with Crippen LogP contribution in [0.5, 0.6) is 17.4 Å².